The fourth-order valence-corrected chi connectivity index (χ4v) is 4.72. The van der Waals surface area contributed by atoms with Gasteiger partial charge in [-0.1, -0.05) is 29.8 Å². The van der Waals surface area contributed by atoms with Crippen molar-refractivity contribution in [1.29, 1.82) is 0 Å². The zero-order valence-electron chi connectivity index (χ0n) is 16.7. The van der Waals surface area contributed by atoms with E-state index in [9.17, 15) is 8.42 Å². The van der Waals surface area contributed by atoms with Gasteiger partial charge in [-0.3, -0.25) is 0 Å². The summed E-state index contributed by atoms with van der Waals surface area (Å²) in [5, 5.41) is 9.23. The third kappa shape index (κ3) is 3.76. The average Bonchev–Trinajstić information content (AvgIpc) is 3.26. The standard InChI is InChI=1S/C21H22ClN3O4S/c1-25(2)30(26,27)18-5-3-4-15(14-18)19-23-24-20(29-19)21(10-12-28-13-11-21)16-6-8-17(22)9-7-16/h3-9,14H,10-13H2,1-2H3. The van der Waals surface area contributed by atoms with E-state index in [-0.39, 0.29) is 10.8 Å². The molecular formula is C21H22ClN3O4S. The summed E-state index contributed by atoms with van der Waals surface area (Å²) in [6, 6.07) is 14.2. The zero-order chi connectivity index (χ0) is 21.4. The van der Waals surface area contributed by atoms with Crippen molar-refractivity contribution in [2.45, 2.75) is 23.2 Å². The number of nitrogens with zero attached hydrogens (tertiary/aromatic N) is 3. The molecule has 1 aliphatic rings. The van der Waals surface area contributed by atoms with Gasteiger partial charge in [-0.2, -0.15) is 0 Å². The summed E-state index contributed by atoms with van der Waals surface area (Å²) in [7, 11) is -0.578. The van der Waals surface area contributed by atoms with Crippen LogP contribution in [-0.4, -0.2) is 50.2 Å². The minimum atomic E-state index is -3.57. The highest BCUT2D eigenvalue weighted by molar-refractivity contribution is 7.89. The lowest BCUT2D eigenvalue weighted by molar-refractivity contribution is 0.0546. The van der Waals surface area contributed by atoms with Crippen molar-refractivity contribution in [2.75, 3.05) is 27.3 Å². The number of aromatic nitrogens is 2. The Morgan fingerprint density at radius 1 is 1.03 bits per heavy atom. The van der Waals surface area contributed by atoms with Crippen LogP contribution in [0.25, 0.3) is 11.5 Å². The van der Waals surface area contributed by atoms with Gasteiger partial charge >= 0.3 is 0 Å². The maximum absolute atomic E-state index is 12.5. The highest BCUT2D eigenvalue weighted by Crippen LogP contribution is 2.41. The van der Waals surface area contributed by atoms with Crippen LogP contribution < -0.4 is 0 Å². The Kier molecular flexibility index (Phi) is 5.67. The predicted molar refractivity (Wildman–Crippen MR) is 113 cm³/mol. The third-order valence-corrected chi connectivity index (χ3v) is 7.50. The summed E-state index contributed by atoms with van der Waals surface area (Å²) in [6.45, 7) is 1.16. The van der Waals surface area contributed by atoms with Gasteiger partial charge in [-0.05, 0) is 48.7 Å². The van der Waals surface area contributed by atoms with E-state index in [0.29, 0.717) is 42.5 Å². The van der Waals surface area contributed by atoms with E-state index >= 15 is 0 Å². The van der Waals surface area contributed by atoms with Crippen LogP contribution in [0.4, 0.5) is 0 Å². The van der Waals surface area contributed by atoms with Crippen molar-refractivity contribution in [3.63, 3.8) is 0 Å². The minimum absolute atomic E-state index is 0.170. The predicted octanol–water partition coefficient (Wildman–Crippen LogP) is 3.74. The molecule has 0 unspecified atom stereocenters. The Balaban J connectivity index is 1.75. The molecule has 0 aliphatic carbocycles. The normalized spacial score (nSPS) is 16.7. The van der Waals surface area contributed by atoms with Gasteiger partial charge in [0, 0.05) is 37.9 Å². The first kappa shape index (κ1) is 21.0. The van der Waals surface area contributed by atoms with Gasteiger partial charge in [0.1, 0.15) is 0 Å². The Morgan fingerprint density at radius 2 is 1.73 bits per heavy atom. The second-order valence-corrected chi connectivity index (χ2v) is 10.0. The van der Waals surface area contributed by atoms with Crippen molar-refractivity contribution in [2.24, 2.45) is 0 Å². The van der Waals surface area contributed by atoms with E-state index < -0.39 is 15.4 Å². The quantitative estimate of drug-likeness (QED) is 0.592. The molecule has 1 aliphatic heterocycles. The van der Waals surface area contributed by atoms with Crippen LogP contribution in [0.3, 0.4) is 0 Å². The van der Waals surface area contributed by atoms with E-state index in [4.69, 9.17) is 20.8 Å². The summed E-state index contributed by atoms with van der Waals surface area (Å²) in [4.78, 5) is 0.170. The van der Waals surface area contributed by atoms with Gasteiger partial charge in [0.25, 0.3) is 0 Å². The first-order valence-electron chi connectivity index (χ1n) is 9.54. The summed E-state index contributed by atoms with van der Waals surface area (Å²) >= 11 is 6.07. The third-order valence-electron chi connectivity index (χ3n) is 5.44. The first-order chi connectivity index (χ1) is 14.3. The highest BCUT2D eigenvalue weighted by Gasteiger charge is 2.41. The lowest BCUT2D eigenvalue weighted by atomic mass is 9.74. The van der Waals surface area contributed by atoms with Crippen LogP contribution in [0.2, 0.25) is 5.02 Å². The fourth-order valence-electron chi connectivity index (χ4n) is 3.65. The first-order valence-corrected chi connectivity index (χ1v) is 11.4. The van der Waals surface area contributed by atoms with Crippen LogP contribution in [0.15, 0.2) is 57.8 Å². The molecule has 7 nitrogen and oxygen atoms in total. The number of hydrogen-bond acceptors (Lipinski definition) is 6. The average molecular weight is 448 g/mol. The highest BCUT2D eigenvalue weighted by atomic mass is 35.5. The molecule has 0 amide bonds. The Morgan fingerprint density at radius 3 is 2.40 bits per heavy atom. The lowest BCUT2D eigenvalue weighted by Gasteiger charge is -2.34. The van der Waals surface area contributed by atoms with Crippen molar-refractivity contribution in [1.82, 2.24) is 14.5 Å². The largest absolute Gasteiger partial charge is 0.420 e. The second kappa shape index (κ2) is 8.11. The van der Waals surface area contributed by atoms with E-state index in [1.807, 2.05) is 24.3 Å². The molecule has 9 heteroatoms. The van der Waals surface area contributed by atoms with Crippen molar-refractivity contribution in [3.05, 3.63) is 65.0 Å². The molecule has 3 aromatic rings. The van der Waals surface area contributed by atoms with E-state index in [1.54, 1.807) is 24.3 Å². The van der Waals surface area contributed by atoms with Gasteiger partial charge in [0.2, 0.25) is 21.8 Å². The van der Waals surface area contributed by atoms with E-state index in [1.165, 1.54) is 18.4 Å². The molecule has 1 aromatic heterocycles. The fraction of sp³-hybridized carbons (Fsp3) is 0.333. The van der Waals surface area contributed by atoms with Crippen LogP contribution in [0.5, 0.6) is 0 Å². The molecule has 158 valence electrons. The number of sulfonamides is 1. The van der Waals surface area contributed by atoms with Gasteiger partial charge < -0.3 is 9.15 Å². The number of benzene rings is 2. The summed E-state index contributed by atoms with van der Waals surface area (Å²) in [5.74, 6) is 0.768. The topological polar surface area (TPSA) is 85.5 Å². The summed E-state index contributed by atoms with van der Waals surface area (Å²) in [6.07, 6.45) is 1.40. The number of halogens is 1. The molecule has 0 radical (unpaired) electrons. The second-order valence-electron chi connectivity index (χ2n) is 7.43. The number of rotatable bonds is 5. The molecule has 4 rings (SSSR count). The Bertz CT molecular complexity index is 1140. The van der Waals surface area contributed by atoms with Gasteiger partial charge in [-0.15, -0.1) is 10.2 Å². The zero-order valence-corrected chi connectivity index (χ0v) is 18.3. The Labute approximate surface area is 180 Å². The summed E-state index contributed by atoms with van der Waals surface area (Å²) < 4.78 is 37.8. The van der Waals surface area contributed by atoms with Crippen molar-refractivity contribution < 1.29 is 17.6 Å². The molecular weight excluding hydrogens is 426 g/mol. The van der Waals surface area contributed by atoms with Gasteiger partial charge in [0.05, 0.1) is 10.3 Å². The molecule has 0 saturated carbocycles. The van der Waals surface area contributed by atoms with Crippen LogP contribution in [0, 0.1) is 0 Å². The molecule has 2 aromatic carbocycles. The maximum atomic E-state index is 12.5. The number of ether oxygens (including phenoxy) is 1. The minimum Gasteiger partial charge on any atom is -0.420 e. The molecule has 1 fully saturated rings. The van der Waals surface area contributed by atoms with Gasteiger partial charge in [0.15, 0.2) is 0 Å². The smallest absolute Gasteiger partial charge is 0.247 e. The maximum Gasteiger partial charge on any atom is 0.247 e. The molecule has 2 heterocycles. The SMILES string of the molecule is CN(C)S(=O)(=O)c1cccc(-c2nnc(C3(c4ccc(Cl)cc4)CCOCC3)o2)c1. The Hall–Kier alpha value is -2.26. The summed E-state index contributed by atoms with van der Waals surface area (Å²) in [5.41, 5.74) is 1.12. The molecule has 0 N–H and O–H groups in total. The lowest BCUT2D eigenvalue weighted by Crippen LogP contribution is -2.35. The molecule has 0 spiro atoms. The van der Waals surface area contributed by atoms with E-state index in [2.05, 4.69) is 10.2 Å². The van der Waals surface area contributed by atoms with Crippen LogP contribution in [0.1, 0.15) is 24.3 Å². The number of hydrogen-bond donors (Lipinski definition) is 0. The molecule has 30 heavy (non-hydrogen) atoms. The molecule has 0 atom stereocenters. The molecule has 0 bridgehead atoms. The monoisotopic (exact) mass is 447 g/mol. The molecule has 1 saturated heterocycles. The van der Waals surface area contributed by atoms with E-state index in [0.717, 1.165) is 5.56 Å². The van der Waals surface area contributed by atoms with Gasteiger partial charge in [-0.25, -0.2) is 12.7 Å². The van der Waals surface area contributed by atoms with Crippen molar-refractivity contribution in [3.8, 4) is 11.5 Å². The van der Waals surface area contributed by atoms with Crippen LogP contribution in [-0.2, 0) is 20.2 Å². The van der Waals surface area contributed by atoms with Crippen LogP contribution >= 0.6 is 11.6 Å². The van der Waals surface area contributed by atoms with Crippen molar-refractivity contribution >= 4 is 21.6 Å².